The number of hydrogen-bond acceptors (Lipinski definition) is 4. The normalized spacial score (nSPS) is 21.4. The Bertz CT molecular complexity index is 662. The summed E-state index contributed by atoms with van der Waals surface area (Å²) < 4.78 is 7.19. The molecule has 2 aliphatic heterocycles. The van der Waals surface area contributed by atoms with E-state index in [4.69, 9.17) is 4.74 Å². The fourth-order valence-electron chi connectivity index (χ4n) is 4.00. The Labute approximate surface area is 153 Å². The maximum Gasteiger partial charge on any atom is 0.317 e. The molecule has 2 fully saturated rings. The maximum absolute atomic E-state index is 12.7. The first-order valence-corrected chi connectivity index (χ1v) is 9.70. The summed E-state index contributed by atoms with van der Waals surface area (Å²) >= 11 is 0. The van der Waals surface area contributed by atoms with Crippen LogP contribution in [0, 0.1) is 0 Å². The zero-order valence-electron chi connectivity index (χ0n) is 15.2. The van der Waals surface area contributed by atoms with Crippen LogP contribution >= 0.6 is 0 Å². The number of hydrogen-bond donors (Lipinski definition) is 1. The number of urea groups is 1. The quantitative estimate of drug-likeness (QED) is 0.859. The van der Waals surface area contributed by atoms with Gasteiger partial charge < -0.3 is 19.9 Å². The van der Waals surface area contributed by atoms with Gasteiger partial charge in [-0.15, -0.1) is 0 Å². The van der Waals surface area contributed by atoms with Crippen LogP contribution in [0.25, 0.3) is 0 Å². The molecule has 0 atom stereocenters. The second-order valence-electron chi connectivity index (χ2n) is 7.35. The number of amides is 3. The smallest absolute Gasteiger partial charge is 0.317 e. The minimum atomic E-state index is -0.0455. The second-order valence-corrected chi connectivity index (χ2v) is 7.35. The van der Waals surface area contributed by atoms with E-state index in [0.29, 0.717) is 51.1 Å². The number of morpholine rings is 1. The Morgan fingerprint density at radius 1 is 1.04 bits per heavy atom. The molecular formula is C18H27N5O3. The third-order valence-corrected chi connectivity index (χ3v) is 5.50. The maximum atomic E-state index is 12.7. The Balaban J connectivity index is 1.43. The van der Waals surface area contributed by atoms with E-state index in [2.05, 4.69) is 10.4 Å². The zero-order valence-corrected chi connectivity index (χ0v) is 15.2. The Hall–Kier alpha value is -2.09. The van der Waals surface area contributed by atoms with E-state index in [0.717, 1.165) is 31.5 Å². The SMILES string of the molecule is O=C(NC1CCCC1)N1CCCn2nc(C(=O)N3CCOCC3)cc2C1. The van der Waals surface area contributed by atoms with Gasteiger partial charge in [-0.05, 0) is 25.3 Å². The van der Waals surface area contributed by atoms with Crippen LogP contribution in [0.2, 0.25) is 0 Å². The first-order valence-electron chi connectivity index (χ1n) is 9.70. The van der Waals surface area contributed by atoms with Crippen molar-refractivity contribution in [2.24, 2.45) is 0 Å². The van der Waals surface area contributed by atoms with Crippen molar-refractivity contribution in [3.8, 4) is 0 Å². The Kier molecular flexibility index (Phi) is 5.10. The third-order valence-electron chi connectivity index (χ3n) is 5.50. The average molecular weight is 361 g/mol. The van der Waals surface area contributed by atoms with Crippen molar-refractivity contribution < 1.29 is 14.3 Å². The lowest BCUT2D eigenvalue weighted by Gasteiger charge is -2.26. The molecule has 1 N–H and O–H groups in total. The number of aryl methyl sites for hydroxylation is 1. The van der Waals surface area contributed by atoms with Crippen LogP contribution < -0.4 is 5.32 Å². The summed E-state index contributed by atoms with van der Waals surface area (Å²) in [6.45, 7) is 4.33. The molecular weight excluding hydrogens is 334 g/mol. The molecule has 1 saturated carbocycles. The number of carbonyl (C=O) groups excluding carboxylic acids is 2. The number of rotatable bonds is 2. The highest BCUT2D eigenvalue weighted by molar-refractivity contribution is 5.92. The molecule has 3 amide bonds. The van der Waals surface area contributed by atoms with Crippen LogP contribution in [-0.4, -0.2) is 70.4 Å². The van der Waals surface area contributed by atoms with E-state index < -0.39 is 0 Å². The van der Waals surface area contributed by atoms with E-state index in [1.807, 2.05) is 15.6 Å². The molecule has 1 aliphatic carbocycles. The lowest BCUT2D eigenvalue weighted by molar-refractivity contribution is 0.0298. The molecule has 0 radical (unpaired) electrons. The number of aromatic nitrogens is 2. The molecule has 1 saturated heterocycles. The molecule has 1 aromatic rings. The third kappa shape index (κ3) is 3.70. The van der Waals surface area contributed by atoms with Gasteiger partial charge in [0.2, 0.25) is 0 Å². The summed E-state index contributed by atoms with van der Waals surface area (Å²) in [6, 6.07) is 2.17. The van der Waals surface area contributed by atoms with Crippen molar-refractivity contribution in [3.63, 3.8) is 0 Å². The van der Waals surface area contributed by atoms with E-state index in [1.165, 1.54) is 12.8 Å². The predicted octanol–water partition coefficient (Wildman–Crippen LogP) is 1.21. The van der Waals surface area contributed by atoms with Crippen LogP contribution in [-0.2, 0) is 17.8 Å². The van der Waals surface area contributed by atoms with E-state index in [-0.39, 0.29) is 11.9 Å². The van der Waals surface area contributed by atoms with Gasteiger partial charge in [0.05, 0.1) is 25.5 Å². The molecule has 0 aromatic carbocycles. The van der Waals surface area contributed by atoms with Crippen LogP contribution in [0.15, 0.2) is 6.07 Å². The van der Waals surface area contributed by atoms with Gasteiger partial charge in [0, 0.05) is 32.2 Å². The first-order chi connectivity index (χ1) is 12.7. The van der Waals surface area contributed by atoms with E-state index in [1.54, 1.807) is 4.90 Å². The summed E-state index contributed by atoms with van der Waals surface area (Å²) in [5.74, 6) is -0.0455. The lowest BCUT2D eigenvalue weighted by atomic mass is 10.2. The molecule has 4 rings (SSSR count). The van der Waals surface area contributed by atoms with Crippen LogP contribution in [0.1, 0.15) is 48.3 Å². The first kappa shape index (κ1) is 17.3. The number of nitrogens with zero attached hydrogens (tertiary/aromatic N) is 4. The van der Waals surface area contributed by atoms with Crippen LogP contribution in [0.3, 0.4) is 0 Å². The summed E-state index contributed by atoms with van der Waals surface area (Å²) in [5.41, 5.74) is 1.40. The molecule has 26 heavy (non-hydrogen) atoms. The van der Waals surface area contributed by atoms with Crippen molar-refractivity contribution >= 4 is 11.9 Å². The van der Waals surface area contributed by atoms with Crippen LogP contribution in [0.4, 0.5) is 4.79 Å². The van der Waals surface area contributed by atoms with Gasteiger partial charge in [-0.2, -0.15) is 5.10 Å². The minimum absolute atomic E-state index is 0.00704. The van der Waals surface area contributed by atoms with Gasteiger partial charge >= 0.3 is 6.03 Å². The number of carbonyl (C=O) groups is 2. The van der Waals surface area contributed by atoms with Gasteiger partial charge in [-0.1, -0.05) is 12.8 Å². The van der Waals surface area contributed by atoms with Crippen molar-refractivity contribution in [1.29, 1.82) is 0 Å². The lowest BCUT2D eigenvalue weighted by Crippen LogP contribution is -2.43. The summed E-state index contributed by atoms with van der Waals surface area (Å²) in [5, 5.41) is 7.67. The largest absolute Gasteiger partial charge is 0.378 e. The fraction of sp³-hybridized carbons (Fsp3) is 0.722. The highest BCUT2D eigenvalue weighted by Gasteiger charge is 2.26. The molecule has 0 unspecified atom stereocenters. The molecule has 142 valence electrons. The summed E-state index contributed by atoms with van der Waals surface area (Å²) in [7, 11) is 0. The fourth-order valence-corrected chi connectivity index (χ4v) is 4.00. The van der Waals surface area contributed by atoms with Gasteiger partial charge in [-0.3, -0.25) is 9.48 Å². The van der Waals surface area contributed by atoms with Crippen molar-refractivity contribution in [2.45, 2.75) is 51.2 Å². The molecule has 3 heterocycles. The van der Waals surface area contributed by atoms with Crippen LogP contribution in [0.5, 0.6) is 0 Å². The second kappa shape index (κ2) is 7.65. The van der Waals surface area contributed by atoms with E-state index >= 15 is 0 Å². The monoisotopic (exact) mass is 361 g/mol. The topological polar surface area (TPSA) is 79.7 Å². The van der Waals surface area contributed by atoms with Gasteiger partial charge in [-0.25, -0.2) is 4.79 Å². The summed E-state index contributed by atoms with van der Waals surface area (Å²) in [4.78, 5) is 28.9. The molecule has 8 heteroatoms. The number of ether oxygens (including phenoxy) is 1. The van der Waals surface area contributed by atoms with Gasteiger partial charge in [0.25, 0.3) is 5.91 Å². The molecule has 0 spiro atoms. The molecule has 8 nitrogen and oxygen atoms in total. The average Bonchev–Trinajstić information content (AvgIpc) is 3.27. The predicted molar refractivity (Wildman–Crippen MR) is 94.8 cm³/mol. The zero-order chi connectivity index (χ0) is 17.9. The number of nitrogens with one attached hydrogen (secondary N) is 1. The molecule has 3 aliphatic rings. The van der Waals surface area contributed by atoms with Crippen molar-refractivity contribution in [2.75, 3.05) is 32.8 Å². The standard InChI is InChI=1S/C18H27N5O3/c24-17(21-8-10-26-11-9-21)16-12-15-13-22(6-3-7-23(15)20-16)18(25)19-14-4-1-2-5-14/h12,14H,1-11,13H2,(H,19,25). The minimum Gasteiger partial charge on any atom is -0.378 e. The summed E-state index contributed by atoms with van der Waals surface area (Å²) in [6.07, 6.45) is 5.40. The highest BCUT2D eigenvalue weighted by Crippen LogP contribution is 2.19. The Morgan fingerprint density at radius 2 is 1.81 bits per heavy atom. The van der Waals surface area contributed by atoms with Gasteiger partial charge in [0.1, 0.15) is 0 Å². The van der Waals surface area contributed by atoms with Crippen molar-refractivity contribution in [3.05, 3.63) is 17.5 Å². The molecule has 0 bridgehead atoms. The highest BCUT2D eigenvalue weighted by atomic mass is 16.5. The van der Waals surface area contributed by atoms with Gasteiger partial charge in [0.15, 0.2) is 5.69 Å². The Morgan fingerprint density at radius 3 is 2.58 bits per heavy atom. The van der Waals surface area contributed by atoms with Crippen molar-refractivity contribution in [1.82, 2.24) is 24.9 Å². The number of fused-ring (bicyclic) bond motifs is 1. The van der Waals surface area contributed by atoms with E-state index in [9.17, 15) is 9.59 Å². The molecule has 1 aromatic heterocycles.